The van der Waals surface area contributed by atoms with Crippen molar-refractivity contribution in [3.05, 3.63) is 61.2 Å². The molecule has 2 atom stereocenters. The molecule has 20 heavy (non-hydrogen) atoms. The Balaban J connectivity index is 2.17. The molecule has 1 aliphatic rings. The maximum absolute atomic E-state index is 12.1. The molecule has 0 aliphatic carbocycles. The second kappa shape index (κ2) is 5.61. The average Bonchev–Trinajstić information content (AvgIpc) is 2.88. The molecule has 0 radical (unpaired) electrons. The zero-order chi connectivity index (χ0) is 14.6. The average molecular weight is 273 g/mol. The topological polar surface area (TPSA) is 64.6 Å². The molecule has 1 saturated heterocycles. The lowest BCUT2D eigenvalue weighted by Crippen LogP contribution is -2.52. The van der Waals surface area contributed by atoms with Crippen LogP contribution < -0.4 is 5.32 Å². The molecule has 1 aromatic carbocycles. The van der Waals surface area contributed by atoms with Gasteiger partial charge in [0.05, 0.1) is 5.56 Å². The van der Waals surface area contributed by atoms with Gasteiger partial charge in [0.1, 0.15) is 12.1 Å². The SMILES string of the molecule is C=C[C@@H](OC(=O)c1ccccc1)[C@]1(C=C)COC(=O)N1. The van der Waals surface area contributed by atoms with Crippen LogP contribution in [0.2, 0.25) is 0 Å². The fourth-order valence-electron chi connectivity index (χ4n) is 1.95. The molecule has 5 heteroatoms. The first-order chi connectivity index (χ1) is 9.61. The first-order valence-electron chi connectivity index (χ1n) is 6.08. The van der Waals surface area contributed by atoms with E-state index in [9.17, 15) is 9.59 Å². The molecule has 0 unspecified atom stereocenters. The van der Waals surface area contributed by atoms with Crippen LogP contribution in [0.25, 0.3) is 0 Å². The van der Waals surface area contributed by atoms with Crippen molar-refractivity contribution in [2.45, 2.75) is 11.6 Å². The van der Waals surface area contributed by atoms with Crippen LogP contribution >= 0.6 is 0 Å². The third kappa shape index (κ3) is 2.56. The molecule has 0 bridgehead atoms. The minimum Gasteiger partial charge on any atom is -0.452 e. The molecule has 1 N–H and O–H groups in total. The first kappa shape index (κ1) is 13.9. The quantitative estimate of drug-likeness (QED) is 0.659. The van der Waals surface area contributed by atoms with Gasteiger partial charge >= 0.3 is 12.1 Å². The first-order valence-corrected chi connectivity index (χ1v) is 6.08. The Kier molecular flexibility index (Phi) is 3.89. The number of cyclic esters (lactones) is 1. The van der Waals surface area contributed by atoms with Crippen LogP contribution in [0, 0.1) is 0 Å². The third-order valence-electron chi connectivity index (χ3n) is 3.11. The lowest BCUT2D eigenvalue weighted by atomic mass is 9.94. The Morgan fingerprint density at radius 3 is 2.60 bits per heavy atom. The number of esters is 1. The summed E-state index contributed by atoms with van der Waals surface area (Å²) in [5.74, 6) is -0.502. The van der Waals surface area contributed by atoms with E-state index in [-0.39, 0.29) is 6.61 Å². The minimum atomic E-state index is -0.983. The highest BCUT2D eigenvalue weighted by Crippen LogP contribution is 2.23. The Bertz CT molecular complexity index is 540. The number of carbonyl (C=O) groups excluding carboxylic acids is 2. The van der Waals surface area contributed by atoms with Crippen molar-refractivity contribution in [1.82, 2.24) is 5.32 Å². The summed E-state index contributed by atoms with van der Waals surface area (Å²) in [6.45, 7) is 7.34. The molecule has 1 amide bonds. The van der Waals surface area contributed by atoms with E-state index in [1.165, 1.54) is 12.2 Å². The number of alkyl carbamates (subject to hydrolysis) is 1. The predicted octanol–water partition coefficient (Wildman–Crippen LogP) is 2.06. The van der Waals surface area contributed by atoms with E-state index in [1.807, 2.05) is 0 Å². The fourth-order valence-corrected chi connectivity index (χ4v) is 1.95. The normalized spacial score (nSPS) is 22.3. The summed E-state index contributed by atoms with van der Waals surface area (Å²) in [5.41, 5.74) is -0.563. The molecule has 1 fully saturated rings. The number of rotatable bonds is 5. The number of amides is 1. The van der Waals surface area contributed by atoms with Gasteiger partial charge in [-0.05, 0) is 18.2 Å². The van der Waals surface area contributed by atoms with Crippen LogP contribution in [0.15, 0.2) is 55.6 Å². The Morgan fingerprint density at radius 1 is 1.40 bits per heavy atom. The van der Waals surface area contributed by atoms with Crippen LogP contribution in [0.3, 0.4) is 0 Å². The van der Waals surface area contributed by atoms with E-state index in [1.54, 1.807) is 30.3 Å². The van der Waals surface area contributed by atoms with Crippen LogP contribution in [0.5, 0.6) is 0 Å². The van der Waals surface area contributed by atoms with Gasteiger partial charge in [-0.25, -0.2) is 9.59 Å². The summed E-state index contributed by atoms with van der Waals surface area (Å²) in [4.78, 5) is 23.3. The van der Waals surface area contributed by atoms with Gasteiger partial charge in [-0.15, -0.1) is 6.58 Å². The predicted molar refractivity (Wildman–Crippen MR) is 73.3 cm³/mol. The second-order valence-corrected chi connectivity index (χ2v) is 4.37. The number of nitrogens with one attached hydrogen (secondary N) is 1. The summed E-state index contributed by atoms with van der Waals surface area (Å²) >= 11 is 0. The molecule has 1 heterocycles. The lowest BCUT2D eigenvalue weighted by Gasteiger charge is -2.29. The summed E-state index contributed by atoms with van der Waals surface area (Å²) < 4.78 is 10.3. The van der Waals surface area contributed by atoms with Crippen molar-refractivity contribution in [3.63, 3.8) is 0 Å². The molecule has 1 aromatic rings. The van der Waals surface area contributed by atoms with Gasteiger partial charge in [0.25, 0.3) is 0 Å². The van der Waals surface area contributed by atoms with Crippen molar-refractivity contribution in [1.29, 1.82) is 0 Å². The van der Waals surface area contributed by atoms with Crippen molar-refractivity contribution in [2.75, 3.05) is 6.61 Å². The third-order valence-corrected chi connectivity index (χ3v) is 3.11. The monoisotopic (exact) mass is 273 g/mol. The van der Waals surface area contributed by atoms with Gasteiger partial charge in [0.2, 0.25) is 0 Å². The van der Waals surface area contributed by atoms with Gasteiger partial charge in [0, 0.05) is 0 Å². The summed E-state index contributed by atoms with van der Waals surface area (Å²) in [6.07, 6.45) is 1.59. The van der Waals surface area contributed by atoms with Crippen LogP contribution in [-0.2, 0) is 9.47 Å². The smallest absolute Gasteiger partial charge is 0.408 e. The molecule has 1 aliphatic heterocycles. The number of ether oxygens (including phenoxy) is 2. The van der Waals surface area contributed by atoms with Gasteiger partial charge in [-0.1, -0.05) is 30.9 Å². The number of benzene rings is 1. The fraction of sp³-hybridized carbons (Fsp3) is 0.200. The van der Waals surface area contributed by atoms with Crippen LogP contribution in [0.4, 0.5) is 4.79 Å². The molecule has 104 valence electrons. The lowest BCUT2D eigenvalue weighted by molar-refractivity contribution is 0.0241. The minimum absolute atomic E-state index is 0.0358. The van der Waals surface area contributed by atoms with E-state index in [0.29, 0.717) is 5.56 Å². The van der Waals surface area contributed by atoms with Crippen molar-refractivity contribution < 1.29 is 19.1 Å². The zero-order valence-corrected chi connectivity index (χ0v) is 10.9. The van der Waals surface area contributed by atoms with Gasteiger partial charge in [-0.2, -0.15) is 0 Å². The number of hydrogen-bond acceptors (Lipinski definition) is 4. The highest BCUT2D eigenvalue weighted by Gasteiger charge is 2.45. The van der Waals surface area contributed by atoms with Gasteiger partial charge < -0.3 is 14.8 Å². The van der Waals surface area contributed by atoms with Crippen molar-refractivity contribution in [3.8, 4) is 0 Å². The Morgan fingerprint density at radius 2 is 2.10 bits per heavy atom. The molecule has 5 nitrogen and oxygen atoms in total. The summed E-state index contributed by atoms with van der Waals surface area (Å²) in [7, 11) is 0. The zero-order valence-electron chi connectivity index (χ0n) is 10.9. The van der Waals surface area contributed by atoms with Crippen molar-refractivity contribution >= 4 is 12.1 Å². The van der Waals surface area contributed by atoms with E-state index in [4.69, 9.17) is 9.47 Å². The molecular formula is C15H15NO4. The second-order valence-electron chi connectivity index (χ2n) is 4.37. The Hall–Kier alpha value is -2.56. The molecule has 0 saturated carbocycles. The van der Waals surface area contributed by atoms with E-state index in [2.05, 4.69) is 18.5 Å². The summed E-state index contributed by atoms with van der Waals surface area (Å²) in [5, 5.41) is 2.60. The summed E-state index contributed by atoms with van der Waals surface area (Å²) in [6, 6.07) is 8.57. The molecule has 0 spiro atoms. The van der Waals surface area contributed by atoms with E-state index in [0.717, 1.165) is 0 Å². The van der Waals surface area contributed by atoms with Crippen LogP contribution in [-0.4, -0.2) is 30.3 Å². The molecular weight excluding hydrogens is 258 g/mol. The highest BCUT2D eigenvalue weighted by molar-refractivity contribution is 5.89. The molecule has 2 rings (SSSR count). The standard InChI is InChI=1S/C15H15NO4/c1-3-12(15(4-2)10-19-14(18)16-15)20-13(17)11-8-6-5-7-9-11/h3-9,12H,1-2,10H2,(H,16,18)/t12-,15+/m1/s1. The van der Waals surface area contributed by atoms with E-state index >= 15 is 0 Å². The maximum Gasteiger partial charge on any atom is 0.408 e. The van der Waals surface area contributed by atoms with E-state index < -0.39 is 23.7 Å². The Labute approximate surface area is 116 Å². The number of hydrogen-bond donors (Lipinski definition) is 1. The van der Waals surface area contributed by atoms with Gasteiger partial charge in [-0.3, -0.25) is 0 Å². The molecule has 0 aromatic heterocycles. The van der Waals surface area contributed by atoms with Gasteiger partial charge in [0.15, 0.2) is 6.10 Å². The highest BCUT2D eigenvalue weighted by atomic mass is 16.6. The largest absolute Gasteiger partial charge is 0.452 e. The number of carbonyl (C=O) groups is 2. The van der Waals surface area contributed by atoms with Crippen molar-refractivity contribution in [2.24, 2.45) is 0 Å². The maximum atomic E-state index is 12.1. The van der Waals surface area contributed by atoms with Crippen LogP contribution in [0.1, 0.15) is 10.4 Å².